The average Bonchev–Trinajstić information content (AvgIpc) is 2.97. The van der Waals surface area contributed by atoms with Crippen LogP contribution in [0.3, 0.4) is 0 Å². The van der Waals surface area contributed by atoms with E-state index in [0.717, 1.165) is 5.92 Å². The summed E-state index contributed by atoms with van der Waals surface area (Å²) in [5.41, 5.74) is 0. The number of rotatable bonds is 5. The predicted octanol–water partition coefficient (Wildman–Crippen LogP) is 2.09. The van der Waals surface area contributed by atoms with E-state index in [-0.39, 0.29) is 0 Å². The number of ether oxygens (including phenoxy) is 1. The molecule has 1 aliphatic rings. The van der Waals surface area contributed by atoms with Crippen molar-refractivity contribution in [3.8, 4) is 5.88 Å². The zero-order chi connectivity index (χ0) is 10.7. The van der Waals surface area contributed by atoms with Gasteiger partial charge in [0, 0.05) is 18.3 Å². The van der Waals surface area contributed by atoms with Crippen molar-refractivity contribution in [2.45, 2.75) is 32.2 Å². The van der Waals surface area contributed by atoms with Crippen LogP contribution in [-0.2, 0) is 0 Å². The van der Waals surface area contributed by atoms with E-state index in [0.29, 0.717) is 17.9 Å². The molecule has 2 unspecified atom stereocenters. The maximum Gasteiger partial charge on any atom is 0.226 e. The summed E-state index contributed by atoms with van der Waals surface area (Å²) in [7, 11) is 1.61. The van der Waals surface area contributed by atoms with E-state index in [9.17, 15) is 0 Å². The van der Waals surface area contributed by atoms with Gasteiger partial charge in [0.15, 0.2) is 0 Å². The molecule has 1 aliphatic carbocycles. The minimum absolute atomic E-state index is 0.567. The van der Waals surface area contributed by atoms with Crippen LogP contribution in [0.25, 0.3) is 0 Å². The molecule has 15 heavy (non-hydrogen) atoms. The second-order valence-corrected chi connectivity index (χ2v) is 3.96. The molecule has 1 fully saturated rings. The normalized spacial score (nSPS) is 23.6. The highest BCUT2D eigenvalue weighted by molar-refractivity contribution is 5.31. The molecular weight excluding hydrogens is 190 g/mol. The first-order chi connectivity index (χ1) is 7.33. The smallest absolute Gasteiger partial charge is 0.226 e. The molecular formula is C11H17N3O. The Hall–Kier alpha value is -1.32. The van der Waals surface area contributed by atoms with Gasteiger partial charge in [-0.25, -0.2) is 4.98 Å². The minimum atomic E-state index is 0.567. The Kier molecular flexibility index (Phi) is 3.04. The van der Waals surface area contributed by atoms with Gasteiger partial charge in [-0.05, 0) is 18.8 Å². The van der Waals surface area contributed by atoms with E-state index in [1.807, 2.05) is 0 Å². The molecule has 0 amide bonds. The number of hydrogen-bond donors (Lipinski definition) is 1. The lowest BCUT2D eigenvalue weighted by molar-refractivity contribution is 0.397. The van der Waals surface area contributed by atoms with Gasteiger partial charge in [-0.15, -0.1) is 0 Å². The van der Waals surface area contributed by atoms with Crippen LogP contribution < -0.4 is 10.1 Å². The van der Waals surface area contributed by atoms with Gasteiger partial charge in [-0.2, -0.15) is 4.98 Å². The topological polar surface area (TPSA) is 47.0 Å². The molecule has 0 saturated heterocycles. The molecule has 0 spiro atoms. The van der Waals surface area contributed by atoms with Crippen LogP contribution in [0.1, 0.15) is 26.2 Å². The minimum Gasteiger partial charge on any atom is -0.481 e. The molecule has 1 saturated carbocycles. The number of aromatic nitrogens is 2. The first-order valence-corrected chi connectivity index (χ1v) is 5.47. The summed E-state index contributed by atoms with van der Waals surface area (Å²) in [6.45, 7) is 2.22. The monoisotopic (exact) mass is 207 g/mol. The summed E-state index contributed by atoms with van der Waals surface area (Å²) in [5, 5.41) is 3.32. The van der Waals surface area contributed by atoms with Crippen molar-refractivity contribution in [1.82, 2.24) is 9.97 Å². The quantitative estimate of drug-likeness (QED) is 0.803. The lowest BCUT2D eigenvalue weighted by Crippen LogP contribution is -2.08. The molecule has 1 aromatic heterocycles. The van der Waals surface area contributed by atoms with Crippen molar-refractivity contribution < 1.29 is 4.74 Å². The standard InChI is InChI=1S/C11H17N3O/c1-3-4-8-7-9(8)13-11-12-6-5-10(14-11)15-2/h5-6,8-9H,3-4,7H2,1-2H3,(H,12,13,14). The second kappa shape index (κ2) is 4.47. The van der Waals surface area contributed by atoms with Crippen LogP contribution in [0.5, 0.6) is 5.88 Å². The summed E-state index contributed by atoms with van der Waals surface area (Å²) < 4.78 is 5.04. The van der Waals surface area contributed by atoms with Crippen LogP contribution >= 0.6 is 0 Å². The Morgan fingerprint density at radius 2 is 2.47 bits per heavy atom. The van der Waals surface area contributed by atoms with Gasteiger partial charge in [-0.3, -0.25) is 0 Å². The summed E-state index contributed by atoms with van der Waals surface area (Å²) >= 11 is 0. The molecule has 82 valence electrons. The van der Waals surface area contributed by atoms with E-state index in [4.69, 9.17) is 4.74 Å². The molecule has 4 nitrogen and oxygen atoms in total. The maximum atomic E-state index is 5.04. The molecule has 1 aromatic rings. The van der Waals surface area contributed by atoms with E-state index in [1.165, 1.54) is 19.3 Å². The number of hydrogen-bond acceptors (Lipinski definition) is 4. The lowest BCUT2D eigenvalue weighted by atomic mass is 10.2. The highest BCUT2D eigenvalue weighted by atomic mass is 16.5. The zero-order valence-corrected chi connectivity index (χ0v) is 9.23. The summed E-state index contributed by atoms with van der Waals surface area (Å²) in [5.74, 6) is 2.10. The van der Waals surface area contributed by atoms with Crippen LogP contribution in [0.15, 0.2) is 12.3 Å². The van der Waals surface area contributed by atoms with E-state index in [1.54, 1.807) is 19.4 Å². The molecule has 1 heterocycles. The zero-order valence-electron chi connectivity index (χ0n) is 9.23. The number of methoxy groups -OCH3 is 1. The number of nitrogens with zero attached hydrogens (tertiary/aromatic N) is 2. The van der Waals surface area contributed by atoms with Gasteiger partial charge in [0.1, 0.15) is 0 Å². The lowest BCUT2D eigenvalue weighted by Gasteiger charge is -2.04. The largest absolute Gasteiger partial charge is 0.481 e. The third-order valence-electron chi connectivity index (χ3n) is 2.74. The van der Waals surface area contributed by atoms with Crippen LogP contribution in [0.2, 0.25) is 0 Å². The Morgan fingerprint density at radius 3 is 3.20 bits per heavy atom. The molecule has 2 rings (SSSR count). The Labute approximate surface area is 90.1 Å². The molecule has 0 aromatic carbocycles. The summed E-state index contributed by atoms with van der Waals surface area (Å²) in [6, 6.07) is 2.32. The highest BCUT2D eigenvalue weighted by Crippen LogP contribution is 2.36. The Bertz CT molecular complexity index is 329. The second-order valence-electron chi connectivity index (χ2n) is 3.96. The first-order valence-electron chi connectivity index (χ1n) is 5.47. The van der Waals surface area contributed by atoms with E-state index in [2.05, 4.69) is 22.2 Å². The summed E-state index contributed by atoms with van der Waals surface area (Å²) in [4.78, 5) is 8.38. The third kappa shape index (κ3) is 2.58. The van der Waals surface area contributed by atoms with Crippen molar-refractivity contribution in [3.05, 3.63) is 12.3 Å². The van der Waals surface area contributed by atoms with Gasteiger partial charge < -0.3 is 10.1 Å². The molecule has 1 N–H and O–H groups in total. The van der Waals surface area contributed by atoms with Crippen molar-refractivity contribution >= 4 is 5.95 Å². The van der Waals surface area contributed by atoms with Crippen molar-refractivity contribution in [2.24, 2.45) is 5.92 Å². The average molecular weight is 207 g/mol. The van der Waals surface area contributed by atoms with Crippen molar-refractivity contribution in [1.29, 1.82) is 0 Å². The fourth-order valence-corrected chi connectivity index (χ4v) is 1.81. The predicted molar refractivity (Wildman–Crippen MR) is 59.0 cm³/mol. The molecule has 0 bridgehead atoms. The van der Waals surface area contributed by atoms with Crippen LogP contribution in [0.4, 0.5) is 5.95 Å². The fourth-order valence-electron chi connectivity index (χ4n) is 1.81. The molecule has 0 aliphatic heterocycles. The maximum absolute atomic E-state index is 5.04. The van der Waals surface area contributed by atoms with Gasteiger partial charge >= 0.3 is 0 Å². The highest BCUT2D eigenvalue weighted by Gasteiger charge is 2.36. The molecule has 0 radical (unpaired) electrons. The van der Waals surface area contributed by atoms with Gasteiger partial charge in [0.2, 0.25) is 11.8 Å². The van der Waals surface area contributed by atoms with Crippen LogP contribution in [0, 0.1) is 5.92 Å². The van der Waals surface area contributed by atoms with Crippen LogP contribution in [-0.4, -0.2) is 23.1 Å². The fraction of sp³-hybridized carbons (Fsp3) is 0.636. The van der Waals surface area contributed by atoms with Gasteiger partial charge in [-0.1, -0.05) is 13.3 Å². The van der Waals surface area contributed by atoms with Crippen molar-refractivity contribution in [2.75, 3.05) is 12.4 Å². The van der Waals surface area contributed by atoms with E-state index >= 15 is 0 Å². The number of anilines is 1. The van der Waals surface area contributed by atoms with Gasteiger partial charge in [0.25, 0.3) is 0 Å². The summed E-state index contributed by atoms with van der Waals surface area (Å²) in [6.07, 6.45) is 5.50. The van der Waals surface area contributed by atoms with Gasteiger partial charge in [0.05, 0.1) is 7.11 Å². The van der Waals surface area contributed by atoms with E-state index < -0.39 is 0 Å². The van der Waals surface area contributed by atoms with Crippen molar-refractivity contribution in [3.63, 3.8) is 0 Å². The number of nitrogens with one attached hydrogen (secondary N) is 1. The Morgan fingerprint density at radius 1 is 1.60 bits per heavy atom. The molecule has 2 atom stereocenters. The first kappa shape index (κ1) is 10.2. The third-order valence-corrected chi connectivity index (χ3v) is 2.74. The SMILES string of the molecule is CCCC1CC1Nc1nccc(OC)n1. The molecule has 4 heteroatoms. The Balaban J connectivity index is 1.89.